The van der Waals surface area contributed by atoms with Crippen LogP contribution in [0.1, 0.15) is 29.9 Å². The van der Waals surface area contributed by atoms with Crippen LogP contribution in [0.4, 0.5) is 11.4 Å². The predicted molar refractivity (Wildman–Crippen MR) is 133 cm³/mol. The number of aryl methyl sites for hydroxylation is 1. The number of ether oxygens (including phenoxy) is 1. The molecule has 1 aromatic heterocycles. The molecule has 2 heterocycles. The molecule has 0 fully saturated rings. The predicted octanol–water partition coefficient (Wildman–Crippen LogP) is 6.15. The second kappa shape index (κ2) is 9.98. The number of rotatable bonds is 7. The van der Waals surface area contributed by atoms with Crippen molar-refractivity contribution >= 4 is 33.5 Å². The minimum absolute atomic E-state index is 0. The molecular weight excluding hydrogens is 424 g/mol. The summed E-state index contributed by atoms with van der Waals surface area (Å²) in [5, 5.41) is 2.08. The summed E-state index contributed by atoms with van der Waals surface area (Å²) in [7, 11) is 2.75. The normalized spacial score (nSPS) is 14.7. The summed E-state index contributed by atoms with van der Waals surface area (Å²) in [4.78, 5) is 7.80. The summed E-state index contributed by atoms with van der Waals surface area (Å²) in [6.45, 7) is 7.01. The highest BCUT2D eigenvalue weighted by Crippen LogP contribution is 2.44. The number of methoxy groups -OCH3 is 1. The van der Waals surface area contributed by atoms with E-state index in [9.17, 15) is 4.21 Å². The van der Waals surface area contributed by atoms with Gasteiger partial charge in [-0.3, -0.25) is 0 Å². The number of hydrogen-bond donors (Lipinski definition) is 0. The quantitative estimate of drug-likeness (QED) is 0.427. The zero-order valence-electron chi connectivity index (χ0n) is 18.0. The van der Waals surface area contributed by atoms with Gasteiger partial charge in [-0.15, -0.1) is 11.3 Å². The second-order valence-corrected chi connectivity index (χ2v) is 10.2. The molecule has 4 rings (SSSR count). The first-order chi connectivity index (χ1) is 14.5. The van der Waals surface area contributed by atoms with E-state index in [0.29, 0.717) is 0 Å². The summed E-state index contributed by atoms with van der Waals surface area (Å²) in [6, 6.07) is 14.2. The Bertz CT molecular complexity index is 1080. The maximum absolute atomic E-state index is 13.2. The standard InChI is InChI=1S/C24H28N2O2S2.CH4/c1-17-10-11-23-24(18(17)2)26(19-8-5-6-9-22(19)30(23)27)14-7-13-25(3)16-21-20(28-4)12-15-29-21;/h5-6,8-12,15H,7,13-14,16H2,1-4H3;1H4. The molecular formula is C25H32N2O2S2. The lowest BCUT2D eigenvalue weighted by molar-refractivity contribution is 0.318. The van der Waals surface area contributed by atoms with Crippen molar-refractivity contribution in [1.82, 2.24) is 4.90 Å². The van der Waals surface area contributed by atoms with Crippen molar-refractivity contribution in [1.29, 1.82) is 0 Å². The first-order valence-corrected chi connectivity index (χ1v) is 12.2. The maximum Gasteiger partial charge on any atom is 0.134 e. The number of benzene rings is 2. The van der Waals surface area contributed by atoms with E-state index in [4.69, 9.17) is 4.74 Å². The molecule has 0 saturated heterocycles. The van der Waals surface area contributed by atoms with Crippen LogP contribution in [-0.2, 0) is 17.3 Å². The van der Waals surface area contributed by atoms with Crippen molar-refractivity contribution in [2.75, 3.05) is 32.1 Å². The molecule has 166 valence electrons. The molecule has 0 N–H and O–H groups in total. The number of hydrogen-bond acceptors (Lipinski definition) is 5. The van der Waals surface area contributed by atoms with Crippen molar-refractivity contribution in [3.63, 3.8) is 0 Å². The summed E-state index contributed by atoms with van der Waals surface area (Å²) in [5.74, 6) is 0.972. The molecule has 1 unspecified atom stereocenters. The maximum atomic E-state index is 13.2. The van der Waals surface area contributed by atoms with Gasteiger partial charge in [0, 0.05) is 13.1 Å². The van der Waals surface area contributed by atoms with Crippen LogP contribution in [0.2, 0.25) is 0 Å². The van der Waals surface area contributed by atoms with Gasteiger partial charge in [-0.05, 0) is 74.6 Å². The SMILES string of the molecule is C.COc1ccsc1CN(C)CCCN1c2ccccc2S(=O)c2ccc(C)c(C)c21. The van der Waals surface area contributed by atoms with Gasteiger partial charge in [-0.1, -0.05) is 25.6 Å². The number of nitrogens with zero attached hydrogens (tertiary/aromatic N) is 2. The van der Waals surface area contributed by atoms with Crippen molar-refractivity contribution in [3.05, 3.63) is 63.8 Å². The minimum Gasteiger partial charge on any atom is -0.496 e. The fourth-order valence-electron chi connectivity index (χ4n) is 4.02. The summed E-state index contributed by atoms with van der Waals surface area (Å²) >= 11 is 1.74. The Hall–Kier alpha value is -2.15. The summed E-state index contributed by atoms with van der Waals surface area (Å²) in [5.41, 5.74) is 4.64. The van der Waals surface area contributed by atoms with Crippen LogP contribution < -0.4 is 9.64 Å². The highest BCUT2D eigenvalue weighted by molar-refractivity contribution is 7.85. The smallest absolute Gasteiger partial charge is 0.134 e. The topological polar surface area (TPSA) is 32.8 Å². The highest BCUT2D eigenvalue weighted by atomic mass is 32.2. The van der Waals surface area contributed by atoms with Crippen LogP contribution >= 0.6 is 11.3 Å². The van der Waals surface area contributed by atoms with Gasteiger partial charge < -0.3 is 14.5 Å². The molecule has 1 atom stereocenters. The molecule has 0 saturated carbocycles. The zero-order valence-corrected chi connectivity index (χ0v) is 19.6. The first-order valence-electron chi connectivity index (χ1n) is 10.2. The number of thiophene rings is 1. The van der Waals surface area contributed by atoms with Gasteiger partial charge in [0.05, 0.1) is 44.0 Å². The Labute approximate surface area is 192 Å². The van der Waals surface area contributed by atoms with Gasteiger partial charge in [-0.2, -0.15) is 0 Å². The second-order valence-electron chi connectivity index (χ2n) is 7.75. The van der Waals surface area contributed by atoms with Crippen LogP contribution in [0.25, 0.3) is 0 Å². The number of fused-ring (bicyclic) bond motifs is 2. The van der Waals surface area contributed by atoms with E-state index in [1.54, 1.807) is 18.4 Å². The van der Waals surface area contributed by atoms with E-state index in [0.717, 1.165) is 53.0 Å². The van der Waals surface area contributed by atoms with E-state index >= 15 is 0 Å². The van der Waals surface area contributed by atoms with E-state index in [2.05, 4.69) is 48.2 Å². The largest absolute Gasteiger partial charge is 0.496 e. The Morgan fingerprint density at radius 1 is 1.10 bits per heavy atom. The van der Waals surface area contributed by atoms with Crippen LogP contribution in [0.15, 0.2) is 57.6 Å². The third kappa shape index (κ3) is 4.56. The fraction of sp³-hybridized carbons (Fsp3) is 0.360. The lowest BCUT2D eigenvalue weighted by Crippen LogP contribution is -2.29. The van der Waals surface area contributed by atoms with Crippen LogP contribution in [0.5, 0.6) is 5.75 Å². The Morgan fingerprint density at radius 3 is 2.65 bits per heavy atom. The monoisotopic (exact) mass is 456 g/mol. The average molecular weight is 457 g/mol. The lowest BCUT2D eigenvalue weighted by Gasteiger charge is -2.35. The molecule has 0 amide bonds. The Morgan fingerprint density at radius 2 is 1.87 bits per heavy atom. The molecule has 0 spiro atoms. The molecule has 3 aromatic rings. The average Bonchev–Trinajstić information content (AvgIpc) is 3.20. The fourth-order valence-corrected chi connectivity index (χ4v) is 6.37. The first kappa shape index (κ1) is 23.5. The number of anilines is 2. The molecule has 1 aliphatic rings. The Kier molecular flexibility index (Phi) is 7.57. The van der Waals surface area contributed by atoms with Gasteiger partial charge >= 0.3 is 0 Å². The molecule has 0 bridgehead atoms. The van der Waals surface area contributed by atoms with Gasteiger partial charge in [0.25, 0.3) is 0 Å². The van der Waals surface area contributed by atoms with E-state index < -0.39 is 10.8 Å². The van der Waals surface area contributed by atoms with Crippen molar-refractivity contribution in [2.45, 2.75) is 44.0 Å². The summed E-state index contributed by atoms with van der Waals surface area (Å²) < 4.78 is 18.6. The van der Waals surface area contributed by atoms with Crippen molar-refractivity contribution in [2.24, 2.45) is 0 Å². The Balaban J connectivity index is 0.00000272. The van der Waals surface area contributed by atoms with Crippen molar-refractivity contribution < 1.29 is 8.95 Å². The summed E-state index contributed by atoms with van der Waals surface area (Å²) in [6.07, 6.45) is 1.01. The molecule has 1 aliphatic heterocycles. The molecule has 2 aromatic carbocycles. The van der Waals surface area contributed by atoms with Crippen molar-refractivity contribution in [3.8, 4) is 5.75 Å². The third-order valence-electron chi connectivity index (χ3n) is 5.75. The van der Waals surface area contributed by atoms with Crippen LogP contribution in [0.3, 0.4) is 0 Å². The molecule has 6 heteroatoms. The molecule has 4 nitrogen and oxygen atoms in total. The minimum atomic E-state index is -1.13. The lowest BCUT2D eigenvalue weighted by atomic mass is 10.1. The van der Waals surface area contributed by atoms with E-state index in [1.807, 2.05) is 30.3 Å². The highest BCUT2D eigenvalue weighted by Gasteiger charge is 2.29. The van der Waals surface area contributed by atoms with Gasteiger partial charge in [0.2, 0.25) is 0 Å². The molecule has 0 radical (unpaired) electrons. The van der Waals surface area contributed by atoms with Gasteiger partial charge in [0.1, 0.15) is 5.75 Å². The van der Waals surface area contributed by atoms with Crippen LogP contribution in [-0.4, -0.2) is 36.4 Å². The van der Waals surface area contributed by atoms with Gasteiger partial charge in [-0.25, -0.2) is 4.21 Å². The molecule has 31 heavy (non-hydrogen) atoms. The zero-order chi connectivity index (χ0) is 21.3. The van der Waals surface area contributed by atoms with E-state index in [-0.39, 0.29) is 7.43 Å². The number of para-hydroxylation sites is 1. The van der Waals surface area contributed by atoms with Crippen LogP contribution in [0, 0.1) is 13.8 Å². The van der Waals surface area contributed by atoms with E-state index in [1.165, 1.54) is 16.0 Å². The third-order valence-corrected chi connectivity index (χ3v) is 8.11. The molecule has 0 aliphatic carbocycles. The van der Waals surface area contributed by atoms with Gasteiger partial charge in [0.15, 0.2) is 0 Å².